The third-order valence-corrected chi connectivity index (χ3v) is 4.72. The molecule has 1 heterocycles. The zero-order valence-corrected chi connectivity index (χ0v) is 16.8. The van der Waals surface area contributed by atoms with Gasteiger partial charge in [0.1, 0.15) is 28.9 Å². The molecule has 0 aliphatic heterocycles. The molecule has 0 radical (unpaired) electrons. The van der Waals surface area contributed by atoms with Crippen molar-refractivity contribution < 1.29 is 9.13 Å². The minimum atomic E-state index is -0.378. The summed E-state index contributed by atoms with van der Waals surface area (Å²) in [5.41, 5.74) is 3.95. The van der Waals surface area contributed by atoms with Gasteiger partial charge >= 0.3 is 0 Å². The number of aliphatic imine (C=N–C) groups is 1. The van der Waals surface area contributed by atoms with E-state index in [-0.39, 0.29) is 5.82 Å². The fourth-order valence-electron chi connectivity index (χ4n) is 2.58. The normalized spacial score (nSPS) is 10.9. The van der Waals surface area contributed by atoms with Crippen molar-refractivity contribution in [2.45, 2.75) is 13.8 Å². The van der Waals surface area contributed by atoms with E-state index in [1.54, 1.807) is 18.5 Å². The minimum Gasteiger partial charge on any atom is -0.443 e. The van der Waals surface area contributed by atoms with Crippen LogP contribution in [0.15, 0.2) is 41.4 Å². The van der Waals surface area contributed by atoms with Crippen molar-refractivity contribution in [3.63, 3.8) is 0 Å². The number of halogens is 1. The van der Waals surface area contributed by atoms with Crippen LogP contribution in [-0.2, 0) is 0 Å². The molecule has 28 heavy (non-hydrogen) atoms. The maximum atomic E-state index is 13.5. The van der Waals surface area contributed by atoms with Gasteiger partial charge in [0.25, 0.3) is 0 Å². The summed E-state index contributed by atoms with van der Waals surface area (Å²) in [6.07, 6.45) is 1.74. The highest BCUT2D eigenvalue weighted by Gasteiger charge is 2.18. The van der Waals surface area contributed by atoms with Gasteiger partial charge in [-0.2, -0.15) is 9.64 Å². The summed E-state index contributed by atoms with van der Waals surface area (Å²) in [7, 11) is 3.82. The first-order valence-corrected chi connectivity index (χ1v) is 9.32. The van der Waals surface area contributed by atoms with Crippen molar-refractivity contribution in [1.82, 2.24) is 9.27 Å². The Morgan fingerprint density at radius 1 is 1.21 bits per heavy atom. The van der Waals surface area contributed by atoms with E-state index >= 15 is 0 Å². The number of aryl methyl sites for hydroxylation is 2. The Hall–Kier alpha value is -3.24. The van der Waals surface area contributed by atoms with Crippen molar-refractivity contribution in [3.05, 3.63) is 58.9 Å². The van der Waals surface area contributed by atoms with E-state index in [0.717, 1.165) is 28.3 Å². The topological polar surface area (TPSA) is 61.5 Å². The minimum absolute atomic E-state index is 0.294. The molecule has 0 saturated carbocycles. The van der Waals surface area contributed by atoms with Crippen LogP contribution in [0, 0.1) is 31.0 Å². The summed E-state index contributed by atoms with van der Waals surface area (Å²) in [5.74, 6) is 0.254. The molecule has 0 amide bonds. The Bertz CT molecular complexity index is 1080. The lowest BCUT2D eigenvalue weighted by atomic mass is 10.1. The molecule has 2 aromatic carbocycles. The maximum absolute atomic E-state index is 13.5. The SMILES string of the molecule is Cc1cc(Oc2snc(-c3cccc(F)c3)c2C#N)c(C)cc1N=CN(C)C. The largest absolute Gasteiger partial charge is 0.443 e. The van der Waals surface area contributed by atoms with Crippen molar-refractivity contribution >= 4 is 23.6 Å². The number of hydrogen-bond acceptors (Lipinski definition) is 5. The summed E-state index contributed by atoms with van der Waals surface area (Å²) in [6.45, 7) is 3.87. The van der Waals surface area contributed by atoms with E-state index in [9.17, 15) is 9.65 Å². The molecule has 0 aliphatic rings. The van der Waals surface area contributed by atoms with Crippen LogP contribution in [0.4, 0.5) is 10.1 Å². The number of rotatable bonds is 5. The van der Waals surface area contributed by atoms with E-state index in [4.69, 9.17) is 4.74 Å². The predicted molar refractivity (Wildman–Crippen MR) is 110 cm³/mol. The summed E-state index contributed by atoms with van der Waals surface area (Å²) in [6, 6.07) is 12.0. The van der Waals surface area contributed by atoms with Crippen LogP contribution in [0.25, 0.3) is 11.3 Å². The van der Waals surface area contributed by atoms with E-state index < -0.39 is 0 Å². The Morgan fingerprint density at radius 2 is 2.00 bits per heavy atom. The molecule has 142 valence electrons. The number of nitriles is 1. The molecule has 0 fully saturated rings. The van der Waals surface area contributed by atoms with Crippen molar-refractivity contribution in [2.75, 3.05) is 14.1 Å². The van der Waals surface area contributed by atoms with E-state index in [1.165, 1.54) is 12.1 Å². The predicted octanol–water partition coefficient (Wildman–Crippen LogP) is 5.45. The van der Waals surface area contributed by atoms with Gasteiger partial charge in [-0.05, 0) is 49.2 Å². The van der Waals surface area contributed by atoms with Gasteiger partial charge in [-0.15, -0.1) is 0 Å². The van der Waals surface area contributed by atoms with Gasteiger partial charge in [0.15, 0.2) is 0 Å². The fourth-order valence-corrected chi connectivity index (χ4v) is 3.31. The van der Waals surface area contributed by atoms with Crippen molar-refractivity contribution in [2.24, 2.45) is 4.99 Å². The highest BCUT2D eigenvalue weighted by atomic mass is 32.1. The first-order chi connectivity index (χ1) is 13.4. The molecule has 0 unspecified atom stereocenters. The van der Waals surface area contributed by atoms with Gasteiger partial charge in [-0.3, -0.25) is 0 Å². The van der Waals surface area contributed by atoms with Gasteiger partial charge in [0.05, 0.1) is 12.0 Å². The quantitative estimate of drug-likeness (QED) is 0.426. The summed E-state index contributed by atoms with van der Waals surface area (Å²) < 4.78 is 23.9. The van der Waals surface area contributed by atoms with Crippen LogP contribution < -0.4 is 4.74 Å². The Balaban J connectivity index is 1.95. The molecule has 5 nitrogen and oxygen atoms in total. The molecule has 0 bridgehead atoms. The standard InChI is InChI=1S/C21H19FN4OS/c1-13-9-19(14(2)8-18(13)24-12-26(3)4)27-21-17(11-23)20(25-28-21)15-6-5-7-16(22)10-15/h5-10,12H,1-4H3. The van der Waals surface area contributed by atoms with Gasteiger partial charge in [-0.25, -0.2) is 9.38 Å². The second-order valence-corrected chi connectivity index (χ2v) is 7.27. The van der Waals surface area contributed by atoms with Crippen LogP contribution in [0.1, 0.15) is 16.7 Å². The fraction of sp³-hybridized carbons (Fsp3) is 0.190. The maximum Gasteiger partial charge on any atom is 0.218 e. The highest BCUT2D eigenvalue weighted by molar-refractivity contribution is 7.08. The molecule has 3 rings (SSSR count). The van der Waals surface area contributed by atoms with E-state index in [2.05, 4.69) is 15.4 Å². The van der Waals surface area contributed by atoms with E-state index in [1.807, 2.05) is 45.0 Å². The Labute approximate surface area is 167 Å². The molecule has 1 aromatic heterocycles. The number of hydrogen-bond donors (Lipinski definition) is 0. The average Bonchev–Trinajstić information content (AvgIpc) is 3.05. The number of nitrogens with zero attached hydrogens (tertiary/aromatic N) is 4. The Morgan fingerprint density at radius 3 is 2.68 bits per heavy atom. The van der Waals surface area contributed by atoms with Crippen LogP contribution >= 0.6 is 11.5 Å². The highest BCUT2D eigenvalue weighted by Crippen LogP contribution is 2.38. The van der Waals surface area contributed by atoms with Gasteiger partial charge in [-0.1, -0.05) is 12.1 Å². The van der Waals surface area contributed by atoms with Crippen molar-refractivity contribution in [1.29, 1.82) is 5.26 Å². The smallest absolute Gasteiger partial charge is 0.218 e. The molecule has 0 saturated heterocycles. The monoisotopic (exact) mass is 394 g/mol. The van der Waals surface area contributed by atoms with Crippen LogP contribution in [0.3, 0.4) is 0 Å². The number of benzene rings is 2. The zero-order chi connectivity index (χ0) is 20.3. The van der Waals surface area contributed by atoms with Crippen LogP contribution in [0.2, 0.25) is 0 Å². The lowest BCUT2D eigenvalue weighted by Gasteiger charge is -2.11. The molecule has 0 spiro atoms. The van der Waals surface area contributed by atoms with Gasteiger partial charge in [0.2, 0.25) is 5.06 Å². The summed E-state index contributed by atoms with van der Waals surface area (Å²) in [4.78, 5) is 6.31. The number of aromatic nitrogens is 1. The molecule has 0 aliphatic carbocycles. The average molecular weight is 394 g/mol. The Kier molecular flexibility index (Phi) is 5.71. The summed E-state index contributed by atoms with van der Waals surface area (Å²) in [5, 5.41) is 9.99. The van der Waals surface area contributed by atoms with Crippen LogP contribution in [0.5, 0.6) is 10.8 Å². The lowest BCUT2D eigenvalue weighted by molar-refractivity contribution is 0.491. The third kappa shape index (κ3) is 4.18. The zero-order valence-electron chi connectivity index (χ0n) is 16.0. The van der Waals surface area contributed by atoms with Gasteiger partial charge in [0, 0.05) is 31.2 Å². The lowest BCUT2D eigenvalue weighted by Crippen LogP contribution is -2.07. The van der Waals surface area contributed by atoms with Crippen LogP contribution in [-0.4, -0.2) is 29.7 Å². The molecular formula is C21H19FN4OS. The van der Waals surface area contributed by atoms with Crippen molar-refractivity contribution in [3.8, 4) is 28.1 Å². The summed E-state index contributed by atoms with van der Waals surface area (Å²) >= 11 is 1.08. The molecule has 7 heteroatoms. The molecule has 0 N–H and O–H groups in total. The van der Waals surface area contributed by atoms with E-state index in [0.29, 0.717) is 27.6 Å². The first-order valence-electron chi connectivity index (χ1n) is 8.54. The number of ether oxygens (including phenoxy) is 1. The molecule has 3 aromatic rings. The molecular weight excluding hydrogens is 375 g/mol. The third-order valence-electron chi connectivity index (χ3n) is 3.99. The molecule has 0 atom stereocenters. The second-order valence-electron chi connectivity index (χ2n) is 6.53. The second kappa shape index (κ2) is 8.19. The first kappa shape index (κ1) is 19.5. The van der Waals surface area contributed by atoms with Gasteiger partial charge < -0.3 is 9.64 Å².